The minimum atomic E-state index is 0.217. The molecule has 0 bridgehead atoms. The van der Waals surface area contributed by atoms with Crippen LogP contribution >= 0.6 is 9.24 Å². The summed E-state index contributed by atoms with van der Waals surface area (Å²) >= 11 is 0. The Labute approximate surface area is 166 Å². The molecule has 1 heterocycles. The third-order valence-corrected chi connectivity index (χ3v) is 6.47. The second-order valence-electron chi connectivity index (χ2n) is 9.75. The molecule has 0 aliphatic carbocycles. The molecule has 27 heavy (non-hydrogen) atoms. The van der Waals surface area contributed by atoms with Crippen LogP contribution in [0.3, 0.4) is 0 Å². The number of nitrogens with one attached hydrogen (secondary N) is 1. The molecular formula is C25H32NP. The Hall–Kier alpha value is -1.43. The molecule has 4 rings (SSSR count). The summed E-state index contributed by atoms with van der Waals surface area (Å²) in [6.45, 7) is 9.38. The van der Waals surface area contributed by atoms with Crippen LogP contribution in [0.5, 0.6) is 0 Å². The van der Waals surface area contributed by atoms with Crippen molar-refractivity contribution in [2.24, 2.45) is 5.92 Å². The van der Waals surface area contributed by atoms with Crippen LogP contribution in [0.4, 0.5) is 0 Å². The normalized spacial score (nSPS) is 19.6. The predicted octanol–water partition coefficient (Wildman–Crippen LogP) is 6.47. The zero-order chi connectivity index (χ0) is 19.2. The molecule has 1 aliphatic heterocycles. The van der Waals surface area contributed by atoms with Gasteiger partial charge in [-0.2, -0.15) is 0 Å². The van der Waals surface area contributed by atoms with Crippen molar-refractivity contribution in [2.45, 2.75) is 64.2 Å². The molecule has 2 heteroatoms. The number of fused-ring (bicyclic) bond motifs is 3. The van der Waals surface area contributed by atoms with Crippen molar-refractivity contribution < 1.29 is 0 Å². The Balaban J connectivity index is 1.65. The minimum absolute atomic E-state index is 0.217. The van der Waals surface area contributed by atoms with E-state index >= 15 is 0 Å². The van der Waals surface area contributed by atoms with Gasteiger partial charge in [0.15, 0.2) is 0 Å². The first kappa shape index (κ1) is 18.9. The van der Waals surface area contributed by atoms with E-state index in [4.69, 9.17) is 0 Å². The van der Waals surface area contributed by atoms with Gasteiger partial charge in [-0.05, 0) is 91.7 Å². The topological polar surface area (TPSA) is 12.0 Å². The van der Waals surface area contributed by atoms with E-state index in [-0.39, 0.29) is 11.1 Å². The third-order valence-electron chi connectivity index (χ3n) is 6.00. The van der Waals surface area contributed by atoms with Crippen molar-refractivity contribution in [3.63, 3.8) is 0 Å². The Morgan fingerprint density at radius 3 is 1.89 bits per heavy atom. The standard InChI is InChI=1S/C25H32NP/c1-24(2)14-19(15-25(3,4)26-24)11-17-5-9-22-20(12-17)7-8-21-13-18(16-27)6-10-23(21)22/h5-10,12-13,19,26H,11,14-16,27H2,1-4H3. The summed E-state index contributed by atoms with van der Waals surface area (Å²) in [5, 5.41) is 9.26. The highest BCUT2D eigenvalue weighted by Crippen LogP contribution is 2.35. The zero-order valence-corrected chi connectivity index (χ0v) is 18.3. The van der Waals surface area contributed by atoms with Crippen LogP contribution in [0.1, 0.15) is 51.7 Å². The molecule has 1 atom stereocenters. The van der Waals surface area contributed by atoms with E-state index in [0.717, 1.165) is 12.1 Å². The Bertz CT molecular complexity index is 970. The van der Waals surface area contributed by atoms with Crippen molar-refractivity contribution in [1.82, 2.24) is 5.32 Å². The van der Waals surface area contributed by atoms with Crippen molar-refractivity contribution in [2.75, 3.05) is 0 Å². The molecule has 142 valence electrons. The van der Waals surface area contributed by atoms with Crippen LogP contribution in [0, 0.1) is 5.92 Å². The van der Waals surface area contributed by atoms with E-state index < -0.39 is 0 Å². The Kier molecular flexibility index (Phi) is 4.81. The van der Waals surface area contributed by atoms with Crippen LogP contribution in [-0.2, 0) is 12.6 Å². The minimum Gasteiger partial charge on any atom is -0.307 e. The molecule has 1 fully saturated rings. The second kappa shape index (κ2) is 6.87. The summed E-state index contributed by atoms with van der Waals surface area (Å²) in [7, 11) is 2.82. The largest absolute Gasteiger partial charge is 0.307 e. The maximum Gasteiger partial charge on any atom is 0.0132 e. The van der Waals surface area contributed by atoms with Gasteiger partial charge in [-0.1, -0.05) is 48.5 Å². The molecule has 3 aromatic carbocycles. The molecular weight excluding hydrogens is 345 g/mol. The summed E-state index contributed by atoms with van der Waals surface area (Å²) in [5.74, 6) is 0.735. The predicted molar refractivity (Wildman–Crippen MR) is 123 cm³/mol. The lowest BCUT2D eigenvalue weighted by Crippen LogP contribution is -2.58. The first-order chi connectivity index (χ1) is 12.7. The van der Waals surface area contributed by atoms with E-state index in [9.17, 15) is 0 Å². The monoisotopic (exact) mass is 377 g/mol. The van der Waals surface area contributed by atoms with Gasteiger partial charge in [0.2, 0.25) is 0 Å². The van der Waals surface area contributed by atoms with E-state index in [1.54, 1.807) is 0 Å². The average molecular weight is 378 g/mol. The van der Waals surface area contributed by atoms with Crippen LogP contribution in [0.25, 0.3) is 21.5 Å². The quantitative estimate of drug-likeness (QED) is 0.407. The van der Waals surface area contributed by atoms with Crippen LogP contribution in [-0.4, -0.2) is 11.1 Å². The van der Waals surface area contributed by atoms with Crippen LogP contribution in [0.2, 0.25) is 0 Å². The molecule has 1 N–H and O–H groups in total. The smallest absolute Gasteiger partial charge is 0.0132 e. The highest BCUT2D eigenvalue weighted by molar-refractivity contribution is 7.15. The molecule has 0 aromatic heterocycles. The van der Waals surface area contributed by atoms with Gasteiger partial charge >= 0.3 is 0 Å². The SMILES string of the molecule is CC1(C)CC(Cc2ccc3c(ccc4cc(CP)ccc43)c2)CC(C)(C)N1. The van der Waals surface area contributed by atoms with Crippen molar-refractivity contribution in [3.8, 4) is 0 Å². The average Bonchev–Trinajstić information content (AvgIpc) is 2.58. The summed E-state index contributed by atoms with van der Waals surface area (Å²) < 4.78 is 0. The highest BCUT2D eigenvalue weighted by atomic mass is 31.0. The molecule has 3 aromatic rings. The summed E-state index contributed by atoms with van der Waals surface area (Å²) in [6.07, 6.45) is 4.67. The lowest BCUT2D eigenvalue weighted by Gasteiger charge is -2.46. The van der Waals surface area contributed by atoms with Gasteiger partial charge in [0.25, 0.3) is 0 Å². The molecule has 0 spiro atoms. The van der Waals surface area contributed by atoms with Gasteiger partial charge in [-0.25, -0.2) is 0 Å². The number of hydrogen-bond donors (Lipinski definition) is 1. The second-order valence-corrected chi connectivity index (χ2v) is 10.2. The Morgan fingerprint density at radius 2 is 1.33 bits per heavy atom. The summed E-state index contributed by atoms with van der Waals surface area (Å²) in [4.78, 5) is 0. The lowest BCUT2D eigenvalue weighted by atomic mass is 9.74. The van der Waals surface area contributed by atoms with E-state index in [2.05, 4.69) is 90.8 Å². The maximum absolute atomic E-state index is 3.81. The fourth-order valence-corrected chi connectivity index (χ4v) is 5.69. The number of benzene rings is 3. The molecule has 1 unspecified atom stereocenters. The molecule has 0 radical (unpaired) electrons. The van der Waals surface area contributed by atoms with E-state index in [0.29, 0.717) is 0 Å². The zero-order valence-electron chi connectivity index (χ0n) is 17.1. The first-order valence-electron chi connectivity index (χ1n) is 10.2. The van der Waals surface area contributed by atoms with Gasteiger partial charge in [0, 0.05) is 11.1 Å². The number of piperidine rings is 1. The molecule has 0 saturated carbocycles. The highest BCUT2D eigenvalue weighted by Gasteiger charge is 2.37. The number of rotatable bonds is 3. The number of hydrogen-bond acceptors (Lipinski definition) is 1. The third kappa shape index (κ3) is 4.05. The van der Waals surface area contributed by atoms with Gasteiger partial charge in [-0.15, -0.1) is 9.24 Å². The van der Waals surface area contributed by atoms with Crippen molar-refractivity contribution in [3.05, 3.63) is 59.7 Å². The van der Waals surface area contributed by atoms with E-state index in [1.807, 2.05) is 0 Å². The molecule has 1 saturated heterocycles. The fourth-order valence-electron chi connectivity index (χ4n) is 5.44. The molecule has 1 aliphatic rings. The first-order valence-corrected chi connectivity index (χ1v) is 11.0. The van der Waals surface area contributed by atoms with Crippen molar-refractivity contribution >= 4 is 30.8 Å². The van der Waals surface area contributed by atoms with Gasteiger partial charge in [0.1, 0.15) is 0 Å². The summed E-state index contributed by atoms with van der Waals surface area (Å²) in [6, 6.07) is 18.5. The summed E-state index contributed by atoms with van der Waals surface area (Å²) in [5.41, 5.74) is 3.28. The van der Waals surface area contributed by atoms with Crippen molar-refractivity contribution in [1.29, 1.82) is 0 Å². The van der Waals surface area contributed by atoms with Gasteiger partial charge in [-0.3, -0.25) is 0 Å². The Morgan fingerprint density at radius 1 is 0.815 bits per heavy atom. The molecule has 1 nitrogen and oxygen atoms in total. The van der Waals surface area contributed by atoms with Gasteiger partial charge in [0.05, 0.1) is 0 Å². The van der Waals surface area contributed by atoms with Crippen LogP contribution < -0.4 is 5.32 Å². The molecule has 0 amide bonds. The maximum atomic E-state index is 3.81. The van der Waals surface area contributed by atoms with E-state index in [1.165, 1.54) is 51.9 Å². The lowest BCUT2D eigenvalue weighted by molar-refractivity contribution is 0.128. The van der Waals surface area contributed by atoms with Crippen LogP contribution in [0.15, 0.2) is 48.5 Å². The van der Waals surface area contributed by atoms with Gasteiger partial charge < -0.3 is 5.32 Å². The fraction of sp³-hybridized carbons (Fsp3) is 0.440.